The number of aryl methyl sites for hydroxylation is 1. The fourth-order valence-corrected chi connectivity index (χ4v) is 6.44. The smallest absolute Gasteiger partial charge is 0.244 e. The van der Waals surface area contributed by atoms with E-state index < -0.39 is 34.3 Å². The molecule has 9 heteroatoms. The van der Waals surface area contributed by atoms with Gasteiger partial charge in [0.15, 0.2) is 0 Å². The highest BCUT2D eigenvalue weighted by Crippen LogP contribution is 2.25. The van der Waals surface area contributed by atoms with Crippen molar-refractivity contribution in [2.24, 2.45) is 0 Å². The molecule has 3 aromatic carbocycles. The first-order chi connectivity index (χ1) is 20.2. The Morgan fingerprint density at radius 3 is 2.17 bits per heavy atom. The number of rotatable bonds is 12. The first-order valence-electron chi connectivity index (χ1n) is 14.6. The van der Waals surface area contributed by atoms with Gasteiger partial charge in [-0.2, -0.15) is 0 Å². The Morgan fingerprint density at radius 1 is 0.905 bits per heavy atom. The van der Waals surface area contributed by atoms with E-state index in [1.807, 2.05) is 49.4 Å². The van der Waals surface area contributed by atoms with Crippen LogP contribution in [-0.4, -0.2) is 50.0 Å². The lowest BCUT2D eigenvalue weighted by molar-refractivity contribution is -0.140. The minimum Gasteiger partial charge on any atom is -0.352 e. The van der Waals surface area contributed by atoms with Crippen molar-refractivity contribution in [3.8, 4) is 0 Å². The zero-order valence-electron chi connectivity index (χ0n) is 24.3. The van der Waals surface area contributed by atoms with Crippen LogP contribution >= 0.6 is 0 Å². The molecule has 2 amide bonds. The number of carbonyl (C=O) groups is 2. The van der Waals surface area contributed by atoms with E-state index in [2.05, 4.69) is 5.32 Å². The molecule has 0 radical (unpaired) electrons. The molecule has 1 aliphatic carbocycles. The predicted molar refractivity (Wildman–Crippen MR) is 164 cm³/mol. The Morgan fingerprint density at radius 2 is 1.52 bits per heavy atom. The topological polar surface area (TPSA) is 86.8 Å². The summed E-state index contributed by atoms with van der Waals surface area (Å²) >= 11 is 0. The van der Waals surface area contributed by atoms with E-state index in [9.17, 15) is 22.4 Å². The maximum atomic E-state index is 14.9. The Kier molecular flexibility index (Phi) is 10.7. The monoisotopic (exact) mass is 593 g/mol. The second kappa shape index (κ2) is 14.4. The van der Waals surface area contributed by atoms with Gasteiger partial charge in [-0.1, -0.05) is 92.9 Å². The molecular formula is C33H40FN3O4S. The molecule has 1 N–H and O–H groups in total. The average Bonchev–Trinajstić information content (AvgIpc) is 2.99. The summed E-state index contributed by atoms with van der Waals surface area (Å²) in [5.41, 5.74) is 2.26. The minimum absolute atomic E-state index is 0.00103. The van der Waals surface area contributed by atoms with Gasteiger partial charge in [0.2, 0.25) is 21.8 Å². The third-order valence-corrected chi connectivity index (χ3v) is 8.97. The van der Waals surface area contributed by atoms with Crippen LogP contribution in [0.3, 0.4) is 0 Å². The van der Waals surface area contributed by atoms with Crippen molar-refractivity contribution in [3.63, 3.8) is 0 Å². The molecule has 0 heterocycles. The number of hydrogen-bond acceptors (Lipinski definition) is 4. The summed E-state index contributed by atoms with van der Waals surface area (Å²) in [5, 5.41) is 3.15. The van der Waals surface area contributed by atoms with Crippen LogP contribution in [0.2, 0.25) is 0 Å². The number of hydrogen-bond donors (Lipinski definition) is 1. The van der Waals surface area contributed by atoms with E-state index in [4.69, 9.17) is 0 Å². The number of nitrogens with one attached hydrogen (secondary N) is 1. The highest BCUT2D eigenvalue weighted by atomic mass is 32.2. The van der Waals surface area contributed by atoms with Crippen molar-refractivity contribution in [2.45, 2.75) is 70.5 Å². The van der Waals surface area contributed by atoms with Crippen molar-refractivity contribution >= 4 is 27.5 Å². The van der Waals surface area contributed by atoms with E-state index in [0.717, 1.165) is 53.8 Å². The van der Waals surface area contributed by atoms with E-state index in [0.29, 0.717) is 12.1 Å². The fraction of sp³-hybridized carbons (Fsp3) is 0.394. The van der Waals surface area contributed by atoms with Gasteiger partial charge >= 0.3 is 0 Å². The molecule has 4 rings (SSSR count). The van der Waals surface area contributed by atoms with Crippen LogP contribution in [-0.2, 0) is 39.0 Å². The highest BCUT2D eigenvalue weighted by molar-refractivity contribution is 7.92. The van der Waals surface area contributed by atoms with Crippen LogP contribution < -0.4 is 9.62 Å². The van der Waals surface area contributed by atoms with Crippen molar-refractivity contribution in [2.75, 3.05) is 17.1 Å². The summed E-state index contributed by atoms with van der Waals surface area (Å²) in [6.07, 6.45) is 6.71. The summed E-state index contributed by atoms with van der Waals surface area (Å²) in [4.78, 5) is 29.5. The molecule has 1 saturated carbocycles. The molecule has 42 heavy (non-hydrogen) atoms. The van der Waals surface area contributed by atoms with Crippen molar-refractivity contribution < 1.29 is 22.4 Å². The second-order valence-corrected chi connectivity index (χ2v) is 12.8. The van der Waals surface area contributed by atoms with Gasteiger partial charge in [-0.25, -0.2) is 12.8 Å². The number of sulfonamides is 1. The summed E-state index contributed by atoms with van der Waals surface area (Å²) in [7, 11) is -3.88. The lowest BCUT2D eigenvalue weighted by Crippen LogP contribution is -2.55. The van der Waals surface area contributed by atoms with Gasteiger partial charge in [0.1, 0.15) is 18.4 Å². The zero-order valence-corrected chi connectivity index (χ0v) is 25.2. The zero-order chi connectivity index (χ0) is 30.1. The molecule has 0 saturated heterocycles. The van der Waals surface area contributed by atoms with Gasteiger partial charge in [0.25, 0.3) is 0 Å². The molecule has 224 valence electrons. The lowest BCUT2D eigenvalue weighted by atomic mass is 9.94. The maximum Gasteiger partial charge on any atom is 0.244 e. The van der Waals surface area contributed by atoms with Gasteiger partial charge in [-0.05, 0) is 42.5 Å². The van der Waals surface area contributed by atoms with Crippen LogP contribution in [0, 0.1) is 5.82 Å². The van der Waals surface area contributed by atoms with Gasteiger partial charge in [0, 0.05) is 24.6 Å². The number of amides is 2. The molecule has 0 aromatic heterocycles. The van der Waals surface area contributed by atoms with Crippen molar-refractivity contribution in [1.82, 2.24) is 10.2 Å². The Bertz CT molecular complexity index is 1460. The molecule has 0 unspecified atom stereocenters. The Labute approximate surface area is 248 Å². The summed E-state index contributed by atoms with van der Waals surface area (Å²) < 4.78 is 42.1. The van der Waals surface area contributed by atoms with Gasteiger partial charge in [0.05, 0.1) is 11.9 Å². The number of carbonyl (C=O) groups excluding carboxylic acids is 2. The maximum absolute atomic E-state index is 14.9. The van der Waals surface area contributed by atoms with Gasteiger partial charge < -0.3 is 10.2 Å². The fourth-order valence-electron chi connectivity index (χ4n) is 5.56. The highest BCUT2D eigenvalue weighted by Gasteiger charge is 2.34. The number of anilines is 1. The Balaban J connectivity index is 1.75. The molecule has 1 aliphatic rings. The first kappa shape index (κ1) is 31.2. The summed E-state index contributed by atoms with van der Waals surface area (Å²) in [6.45, 7) is 1.21. The molecule has 0 bridgehead atoms. The third kappa shape index (κ3) is 8.18. The predicted octanol–water partition coefficient (Wildman–Crippen LogP) is 5.24. The van der Waals surface area contributed by atoms with Crippen LogP contribution in [0.15, 0.2) is 78.9 Å². The van der Waals surface area contributed by atoms with E-state index in [1.54, 1.807) is 30.3 Å². The molecular weight excluding hydrogens is 553 g/mol. The molecule has 0 aliphatic heterocycles. The molecule has 0 spiro atoms. The van der Waals surface area contributed by atoms with E-state index in [-0.39, 0.29) is 30.5 Å². The van der Waals surface area contributed by atoms with Crippen LogP contribution in [0.25, 0.3) is 0 Å². The van der Waals surface area contributed by atoms with Crippen molar-refractivity contribution in [1.29, 1.82) is 0 Å². The number of nitrogens with zero attached hydrogens (tertiary/aromatic N) is 2. The number of halogens is 1. The number of benzene rings is 3. The van der Waals surface area contributed by atoms with Crippen LogP contribution in [0.1, 0.15) is 55.7 Å². The van der Waals surface area contributed by atoms with Gasteiger partial charge in [-0.15, -0.1) is 0 Å². The van der Waals surface area contributed by atoms with E-state index in [1.165, 1.54) is 11.0 Å². The standard InChI is InChI=1S/C33H40FN3O4S/c1-3-26-16-11-13-21-30(26)37(42(2,40)41)24-32(38)36(23-27-17-10-12-20-29(27)34)31(22-25-14-6-4-7-15-25)33(39)35-28-18-8-5-9-19-28/h4,6-7,10-17,20-21,28,31H,3,5,8-9,18-19,22-24H2,1-2H3,(H,35,39)/t31-/m1/s1. The third-order valence-electron chi connectivity index (χ3n) is 7.84. The van der Waals surface area contributed by atoms with Crippen LogP contribution in [0.5, 0.6) is 0 Å². The minimum atomic E-state index is -3.88. The average molecular weight is 594 g/mol. The largest absolute Gasteiger partial charge is 0.352 e. The normalized spacial score (nSPS) is 14.6. The quantitative estimate of drug-likeness (QED) is 0.311. The molecule has 1 atom stereocenters. The SMILES string of the molecule is CCc1ccccc1N(CC(=O)N(Cc1ccccc1F)[C@H](Cc1ccccc1)C(=O)NC1CCCCC1)S(C)(=O)=O. The van der Waals surface area contributed by atoms with Crippen LogP contribution in [0.4, 0.5) is 10.1 Å². The Hall–Kier alpha value is -3.72. The molecule has 1 fully saturated rings. The first-order valence-corrected chi connectivity index (χ1v) is 16.4. The molecule has 3 aromatic rings. The lowest BCUT2D eigenvalue weighted by Gasteiger charge is -2.35. The molecule has 7 nitrogen and oxygen atoms in total. The van der Waals surface area contributed by atoms with Crippen molar-refractivity contribution in [3.05, 3.63) is 101 Å². The number of para-hydroxylation sites is 1. The van der Waals surface area contributed by atoms with E-state index >= 15 is 0 Å². The second-order valence-electron chi connectivity index (χ2n) is 10.9. The van der Waals surface area contributed by atoms with Gasteiger partial charge in [-0.3, -0.25) is 13.9 Å². The summed E-state index contributed by atoms with van der Waals surface area (Å²) in [5.74, 6) is -1.41. The summed E-state index contributed by atoms with van der Waals surface area (Å²) in [6, 6.07) is 21.6.